The van der Waals surface area contributed by atoms with Crippen molar-refractivity contribution in [3.05, 3.63) is 28.8 Å². The van der Waals surface area contributed by atoms with Gasteiger partial charge in [-0.3, -0.25) is 9.59 Å². The fraction of sp³-hybridized carbons (Fsp3) is 0.182. The van der Waals surface area contributed by atoms with Crippen molar-refractivity contribution in [3.8, 4) is 5.75 Å². The van der Waals surface area contributed by atoms with Crippen LogP contribution in [0.1, 0.15) is 16.8 Å². The molecule has 1 aromatic rings. The molecule has 0 fully saturated rings. The molecule has 0 saturated heterocycles. The van der Waals surface area contributed by atoms with E-state index in [1.807, 2.05) is 0 Å². The van der Waals surface area contributed by atoms with Gasteiger partial charge in [-0.25, -0.2) is 4.79 Å². The number of aliphatic carboxylic acids is 1. The Labute approximate surface area is 113 Å². The van der Waals surface area contributed by atoms with Crippen molar-refractivity contribution < 1.29 is 24.6 Å². The number of amides is 2. The van der Waals surface area contributed by atoms with Gasteiger partial charge in [0.25, 0.3) is 5.91 Å². The van der Waals surface area contributed by atoms with E-state index >= 15 is 0 Å². The van der Waals surface area contributed by atoms with Gasteiger partial charge in [0.15, 0.2) is 0 Å². The Bertz CT molecular complexity index is 532. The summed E-state index contributed by atoms with van der Waals surface area (Å²) in [5.41, 5.74) is 4.72. The molecule has 0 aliphatic carbocycles. The van der Waals surface area contributed by atoms with Gasteiger partial charge >= 0.3 is 5.97 Å². The lowest BCUT2D eigenvalue weighted by molar-refractivity contribution is -0.140. The molecule has 5 N–H and O–H groups in total. The normalized spacial score (nSPS) is 11.6. The molecule has 0 aliphatic rings. The van der Waals surface area contributed by atoms with E-state index in [1.54, 1.807) is 0 Å². The highest BCUT2D eigenvalue weighted by molar-refractivity contribution is 6.30. The second-order valence-corrected chi connectivity index (χ2v) is 4.13. The van der Waals surface area contributed by atoms with Crippen LogP contribution in [0.3, 0.4) is 0 Å². The molecule has 0 aromatic heterocycles. The first-order chi connectivity index (χ1) is 8.81. The summed E-state index contributed by atoms with van der Waals surface area (Å²) in [4.78, 5) is 33.3. The third kappa shape index (κ3) is 4.14. The van der Waals surface area contributed by atoms with E-state index in [-0.39, 0.29) is 10.6 Å². The molecule has 0 bridgehead atoms. The first-order valence-electron chi connectivity index (χ1n) is 5.11. The number of hydrogen-bond donors (Lipinski definition) is 4. The van der Waals surface area contributed by atoms with Gasteiger partial charge in [0, 0.05) is 5.02 Å². The molecular weight excluding hydrogens is 276 g/mol. The number of carboxylic acids is 1. The molecule has 2 amide bonds. The Morgan fingerprint density at radius 1 is 1.37 bits per heavy atom. The van der Waals surface area contributed by atoms with E-state index in [4.69, 9.17) is 22.4 Å². The smallest absolute Gasteiger partial charge is 0.326 e. The van der Waals surface area contributed by atoms with Crippen molar-refractivity contribution in [2.45, 2.75) is 12.5 Å². The molecule has 1 rings (SSSR count). The topological polar surface area (TPSA) is 130 Å². The molecule has 0 spiro atoms. The molecule has 0 saturated carbocycles. The lowest BCUT2D eigenvalue weighted by Gasteiger charge is -2.13. The number of rotatable bonds is 5. The minimum atomic E-state index is -1.46. The quantitative estimate of drug-likeness (QED) is 0.610. The number of carbonyl (C=O) groups excluding carboxylic acids is 2. The minimum Gasteiger partial charge on any atom is -0.507 e. The van der Waals surface area contributed by atoms with Gasteiger partial charge in [-0.1, -0.05) is 11.6 Å². The highest BCUT2D eigenvalue weighted by Crippen LogP contribution is 2.21. The number of carbonyl (C=O) groups is 3. The summed E-state index contributed by atoms with van der Waals surface area (Å²) in [6.45, 7) is 0. The van der Waals surface area contributed by atoms with Crippen LogP contribution in [0.15, 0.2) is 18.2 Å². The minimum absolute atomic E-state index is 0.153. The number of halogens is 1. The molecule has 7 nitrogen and oxygen atoms in total. The van der Waals surface area contributed by atoms with E-state index in [0.717, 1.165) is 6.07 Å². The fourth-order valence-electron chi connectivity index (χ4n) is 1.33. The summed E-state index contributed by atoms with van der Waals surface area (Å²) in [7, 11) is 0. The lowest BCUT2D eigenvalue weighted by Crippen LogP contribution is -2.43. The molecule has 0 aliphatic heterocycles. The van der Waals surface area contributed by atoms with Crippen LogP contribution >= 0.6 is 11.6 Å². The van der Waals surface area contributed by atoms with Crippen molar-refractivity contribution >= 4 is 29.4 Å². The van der Waals surface area contributed by atoms with Crippen LogP contribution in [0.5, 0.6) is 5.75 Å². The predicted octanol–water partition coefficient (Wildman–Crippen LogP) is 0.104. The van der Waals surface area contributed by atoms with E-state index in [9.17, 15) is 19.5 Å². The maximum Gasteiger partial charge on any atom is 0.326 e. The Morgan fingerprint density at radius 3 is 2.47 bits per heavy atom. The third-order valence-electron chi connectivity index (χ3n) is 2.21. The first kappa shape index (κ1) is 14.8. The van der Waals surface area contributed by atoms with Crippen LogP contribution in [0.25, 0.3) is 0 Å². The molecule has 102 valence electrons. The van der Waals surface area contributed by atoms with Gasteiger partial charge in [-0.15, -0.1) is 0 Å². The summed E-state index contributed by atoms with van der Waals surface area (Å²) < 4.78 is 0. The number of nitrogens with one attached hydrogen (secondary N) is 1. The molecule has 0 radical (unpaired) electrons. The summed E-state index contributed by atoms with van der Waals surface area (Å²) in [6, 6.07) is 2.27. The lowest BCUT2D eigenvalue weighted by atomic mass is 10.1. The number of nitrogens with two attached hydrogens (primary N) is 1. The second-order valence-electron chi connectivity index (χ2n) is 3.70. The Morgan fingerprint density at radius 2 is 2.00 bits per heavy atom. The standard InChI is InChI=1S/C11H11ClN2O5/c12-5-1-2-6(8(15)3-5)10(17)14-7(11(18)19)4-9(13)16/h1-3,7,15H,4H2,(H2,13,16)(H,14,17)(H,18,19)/t7-/m1/s1. The van der Waals surface area contributed by atoms with Gasteiger partial charge in [0.05, 0.1) is 12.0 Å². The SMILES string of the molecule is NC(=O)C[C@@H](NC(=O)c1ccc(Cl)cc1O)C(=O)O. The average molecular weight is 287 g/mol. The largest absolute Gasteiger partial charge is 0.507 e. The maximum absolute atomic E-state index is 11.7. The van der Waals surface area contributed by atoms with Crippen molar-refractivity contribution in [1.82, 2.24) is 5.32 Å². The summed E-state index contributed by atoms with van der Waals surface area (Å²) in [6.07, 6.45) is -0.546. The van der Waals surface area contributed by atoms with Gasteiger partial charge in [0.2, 0.25) is 5.91 Å². The van der Waals surface area contributed by atoms with Gasteiger partial charge in [-0.05, 0) is 18.2 Å². The van der Waals surface area contributed by atoms with E-state index in [1.165, 1.54) is 12.1 Å². The molecule has 1 atom stereocenters. The van der Waals surface area contributed by atoms with Crippen LogP contribution in [0, 0.1) is 0 Å². The number of carboxylic acid groups (broad SMARTS) is 1. The zero-order chi connectivity index (χ0) is 14.6. The van der Waals surface area contributed by atoms with Gasteiger partial charge in [0.1, 0.15) is 11.8 Å². The monoisotopic (exact) mass is 286 g/mol. The predicted molar refractivity (Wildman–Crippen MR) is 65.8 cm³/mol. The average Bonchev–Trinajstić information content (AvgIpc) is 2.26. The van der Waals surface area contributed by atoms with Crippen LogP contribution in [-0.2, 0) is 9.59 Å². The number of primary amides is 1. The van der Waals surface area contributed by atoms with Crippen LogP contribution in [-0.4, -0.2) is 34.0 Å². The highest BCUT2D eigenvalue weighted by atomic mass is 35.5. The first-order valence-corrected chi connectivity index (χ1v) is 5.49. The van der Waals surface area contributed by atoms with Crippen molar-refractivity contribution in [2.24, 2.45) is 5.73 Å². The van der Waals surface area contributed by atoms with Crippen molar-refractivity contribution in [2.75, 3.05) is 0 Å². The second kappa shape index (κ2) is 6.05. The third-order valence-corrected chi connectivity index (χ3v) is 2.45. The number of phenolic OH excluding ortho intramolecular Hbond substituents is 1. The molecule has 0 heterocycles. The Hall–Kier alpha value is -2.28. The molecule has 8 heteroatoms. The van der Waals surface area contributed by atoms with E-state index < -0.39 is 36.0 Å². The van der Waals surface area contributed by atoms with Crippen LogP contribution in [0.4, 0.5) is 0 Å². The van der Waals surface area contributed by atoms with E-state index in [0.29, 0.717) is 0 Å². The molecule has 19 heavy (non-hydrogen) atoms. The van der Waals surface area contributed by atoms with Gasteiger partial charge in [-0.2, -0.15) is 0 Å². The summed E-state index contributed by atoms with van der Waals surface area (Å²) >= 11 is 5.60. The molecule has 1 aromatic carbocycles. The van der Waals surface area contributed by atoms with E-state index in [2.05, 4.69) is 5.32 Å². The summed E-state index contributed by atoms with van der Waals surface area (Å²) in [5.74, 6) is -3.51. The molecule has 0 unspecified atom stereocenters. The summed E-state index contributed by atoms with van der Waals surface area (Å²) in [5, 5.41) is 20.6. The zero-order valence-electron chi connectivity index (χ0n) is 9.59. The zero-order valence-corrected chi connectivity index (χ0v) is 10.3. The number of phenols is 1. The Kier molecular flexibility index (Phi) is 4.71. The van der Waals surface area contributed by atoms with Crippen molar-refractivity contribution in [3.63, 3.8) is 0 Å². The number of aromatic hydroxyl groups is 1. The Balaban J connectivity index is 2.87. The maximum atomic E-state index is 11.7. The number of benzene rings is 1. The molecular formula is C11H11ClN2O5. The van der Waals surface area contributed by atoms with Gasteiger partial charge < -0.3 is 21.3 Å². The van der Waals surface area contributed by atoms with Crippen LogP contribution < -0.4 is 11.1 Å². The van der Waals surface area contributed by atoms with Crippen LogP contribution in [0.2, 0.25) is 5.02 Å². The fourth-order valence-corrected chi connectivity index (χ4v) is 1.50. The highest BCUT2D eigenvalue weighted by Gasteiger charge is 2.23. The van der Waals surface area contributed by atoms with Crippen molar-refractivity contribution in [1.29, 1.82) is 0 Å². The number of hydrogen-bond acceptors (Lipinski definition) is 4.